The molecular weight excluding hydrogens is 216 g/mol. The van der Waals surface area contributed by atoms with E-state index >= 15 is 0 Å². The van der Waals surface area contributed by atoms with Gasteiger partial charge in [0.2, 0.25) is 0 Å². The van der Waals surface area contributed by atoms with Crippen LogP contribution in [0.1, 0.15) is 17.5 Å². The summed E-state index contributed by atoms with van der Waals surface area (Å²) < 4.78 is 5.39. The van der Waals surface area contributed by atoms with Crippen LogP contribution in [0.2, 0.25) is 0 Å². The Labute approximate surface area is 98.8 Å². The first kappa shape index (κ1) is 11.1. The van der Waals surface area contributed by atoms with Crippen LogP contribution in [0.4, 0.5) is 5.69 Å². The number of nitrogen functional groups attached to an aromatic ring is 1. The van der Waals surface area contributed by atoms with Crippen molar-refractivity contribution in [2.75, 3.05) is 5.73 Å². The lowest BCUT2D eigenvalue weighted by Gasteiger charge is -2.04. The Hall–Kier alpha value is -2.41. The normalized spacial score (nSPS) is 12.0. The highest BCUT2D eigenvalue weighted by molar-refractivity contribution is 5.96. The van der Waals surface area contributed by atoms with E-state index < -0.39 is 0 Å². The highest BCUT2D eigenvalue weighted by atomic mass is 16.3. The van der Waals surface area contributed by atoms with Crippen LogP contribution in [0.5, 0.6) is 0 Å². The minimum atomic E-state index is -0.333. The van der Waals surface area contributed by atoms with E-state index in [1.54, 1.807) is 31.2 Å². The summed E-state index contributed by atoms with van der Waals surface area (Å²) in [4.78, 5) is 11.7. The van der Waals surface area contributed by atoms with Crippen LogP contribution in [-0.4, -0.2) is 11.9 Å². The van der Waals surface area contributed by atoms with Gasteiger partial charge in [-0.1, -0.05) is 5.92 Å². The number of nitrogens with two attached hydrogens (primary N) is 1. The van der Waals surface area contributed by atoms with Crippen LogP contribution in [0.3, 0.4) is 0 Å². The highest BCUT2D eigenvalue weighted by Crippen LogP contribution is 2.21. The third-order valence-electron chi connectivity index (χ3n) is 2.36. The van der Waals surface area contributed by atoms with E-state index in [0.717, 1.165) is 5.39 Å². The molecule has 0 radical (unpaired) electrons. The van der Waals surface area contributed by atoms with E-state index in [-0.39, 0.29) is 17.7 Å². The van der Waals surface area contributed by atoms with Gasteiger partial charge in [-0.15, -0.1) is 6.42 Å². The summed E-state index contributed by atoms with van der Waals surface area (Å²) in [6.07, 6.45) is 5.18. The largest absolute Gasteiger partial charge is 0.451 e. The summed E-state index contributed by atoms with van der Waals surface area (Å²) in [6.45, 7) is 1.72. The molecule has 1 amide bonds. The Morgan fingerprint density at radius 1 is 1.53 bits per heavy atom. The van der Waals surface area contributed by atoms with E-state index in [0.29, 0.717) is 11.3 Å². The molecule has 2 aromatic rings. The average molecular weight is 228 g/mol. The number of hydrogen-bond donors (Lipinski definition) is 2. The fraction of sp³-hybridized carbons (Fsp3) is 0.154. The zero-order valence-corrected chi connectivity index (χ0v) is 9.36. The number of anilines is 1. The number of benzene rings is 1. The van der Waals surface area contributed by atoms with Crippen LogP contribution in [0, 0.1) is 12.3 Å². The van der Waals surface area contributed by atoms with Crippen LogP contribution in [0.25, 0.3) is 11.0 Å². The lowest BCUT2D eigenvalue weighted by atomic mass is 10.2. The number of carbonyl (C=O) groups is 1. The molecule has 4 nitrogen and oxygen atoms in total. The SMILES string of the molecule is C#CC(C)NC(=O)c1cc2cc(N)ccc2o1. The van der Waals surface area contributed by atoms with Gasteiger partial charge in [-0.3, -0.25) is 4.79 Å². The minimum Gasteiger partial charge on any atom is -0.451 e. The molecule has 0 aliphatic heterocycles. The lowest BCUT2D eigenvalue weighted by Crippen LogP contribution is -2.30. The monoisotopic (exact) mass is 228 g/mol. The quantitative estimate of drug-likeness (QED) is 0.608. The molecule has 2 rings (SSSR count). The summed E-state index contributed by atoms with van der Waals surface area (Å²) in [5, 5.41) is 3.42. The average Bonchev–Trinajstić information content (AvgIpc) is 2.71. The summed E-state index contributed by atoms with van der Waals surface area (Å²) in [5.74, 6) is 2.32. The number of hydrogen-bond acceptors (Lipinski definition) is 3. The van der Waals surface area contributed by atoms with Crippen molar-refractivity contribution in [1.82, 2.24) is 5.32 Å². The predicted molar refractivity (Wildman–Crippen MR) is 66.4 cm³/mol. The first-order chi connectivity index (χ1) is 8.10. The smallest absolute Gasteiger partial charge is 0.287 e. The second-order valence-corrected chi connectivity index (χ2v) is 3.77. The maximum absolute atomic E-state index is 11.7. The maximum atomic E-state index is 11.7. The van der Waals surface area contributed by atoms with Crippen LogP contribution < -0.4 is 11.1 Å². The number of rotatable bonds is 2. The molecule has 1 aromatic heterocycles. The van der Waals surface area contributed by atoms with E-state index in [1.165, 1.54) is 0 Å². The van der Waals surface area contributed by atoms with Gasteiger partial charge in [0.05, 0.1) is 6.04 Å². The third kappa shape index (κ3) is 2.23. The van der Waals surface area contributed by atoms with E-state index in [9.17, 15) is 4.79 Å². The molecule has 4 heteroatoms. The molecule has 0 fully saturated rings. The molecule has 0 aliphatic rings. The zero-order chi connectivity index (χ0) is 12.4. The van der Waals surface area contributed by atoms with Crippen LogP contribution >= 0.6 is 0 Å². The van der Waals surface area contributed by atoms with Crippen molar-refractivity contribution >= 4 is 22.6 Å². The molecule has 86 valence electrons. The summed E-state index contributed by atoms with van der Waals surface area (Å²) in [5.41, 5.74) is 6.89. The minimum absolute atomic E-state index is 0.229. The van der Waals surface area contributed by atoms with Crippen molar-refractivity contribution in [3.8, 4) is 12.3 Å². The van der Waals surface area contributed by atoms with Gasteiger partial charge in [-0.25, -0.2) is 0 Å². The Bertz CT molecular complexity index is 607. The van der Waals surface area contributed by atoms with Crippen molar-refractivity contribution in [3.05, 3.63) is 30.0 Å². The number of furan rings is 1. The Morgan fingerprint density at radius 3 is 3.00 bits per heavy atom. The fourth-order valence-electron chi connectivity index (χ4n) is 1.48. The zero-order valence-electron chi connectivity index (χ0n) is 9.36. The molecule has 0 saturated carbocycles. The van der Waals surface area contributed by atoms with Crippen LogP contribution in [-0.2, 0) is 0 Å². The van der Waals surface area contributed by atoms with Crippen molar-refractivity contribution in [2.24, 2.45) is 0 Å². The van der Waals surface area contributed by atoms with Gasteiger partial charge < -0.3 is 15.5 Å². The number of carbonyl (C=O) groups excluding carboxylic acids is 1. The number of amides is 1. The Kier molecular flexibility index (Phi) is 2.75. The summed E-state index contributed by atoms with van der Waals surface area (Å²) in [6, 6.07) is 6.51. The first-order valence-corrected chi connectivity index (χ1v) is 5.16. The molecule has 0 bridgehead atoms. The molecule has 3 N–H and O–H groups in total. The topological polar surface area (TPSA) is 68.3 Å². The molecule has 1 heterocycles. The van der Waals surface area contributed by atoms with Crippen molar-refractivity contribution < 1.29 is 9.21 Å². The van der Waals surface area contributed by atoms with Gasteiger partial charge in [-0.2, -0.15) is 0 Å². The third-order valence-corrected chi connectivity index (χ3v) is 2.36. The Balaban J connectivity index is 2.31. The molecule has 1 aromatic carbocycles. The van der Waals surface area contributed by atoms with Crippen molar-refractivity contribution in [2.45, 2.75) is 13.0 Å². The number of nitrogens with one attached hydrogen (secondary N) is 1. The summed E-state index contributed by atoms with van der Waals surface area (Å²) in [7, 11) is 0. The van der Waals surface area contributed by atoms with Gasteiger partial charge in [0.25, 0.3) is 5.91 Å². The van der Waals surface area contributed by atoms with Gasteiger partial charge in [-0.05, 0) is 31.2 Å². The van der Waals surface area contributed by atoms with E-state index in [2.05, 4.69) is 11.2 Å². The molecule has 1 unspecified atom stereocenters. The highest BCUT2D eigenvalue weighted by Gasteiger charge is 2.13. The first-order valence-electron chi connectivity index (χ1n) is 5.16. The fourth-order valence-corrected chi connectivity index (χ4v) is 1.48. The Morgan fingerprint density at radius 2 is 2.29 bits per heavy atom. The number of fused-ring (bicyclic) bond motifs is 1. The second kappa shape index (κ2) is 4.22. The molecule has 0 saturated heterocycles. The molecule has 1 atom stereocenters. The molecule has 17 heavy (non-hydrogen) atoms. The second-order valence-electron chi connectivity index (χ2n) is 3.77. The molecular formula is C13H12N2O2. The van der Waals surface area contributed by atoms with Crippen molar-refractivity contribution in [1.29, 1.82) is 0 Å². The van der Waals surface area contributed by atoms with Gasteiger partial charge in [0.1, 0.15) is 5.58 Å². The van der Waals surface area contributed by atoms with E-state index in [1.807, 2.05) is 0 Å². The van der Waals surface area contributed by atoms with Crippen molar-refractivity contribution in [3.63, 3.8) is 0 Å². The van der Waals surface area contributed by atoms with Gasteiger partial charge in [0, 0.05) is 11.1 Å². The van der Waals surface area contributed by atoms with E-state index in [4.69, 9.17) is 16.6 Å². The van der Waals surface area contributed by atoms with Gasteiger partial charge >= 0.3 is 0 Å². The lowest BCUT2D eigenvalue weighted by molar-refractivity contribution is 0.0922. The molecule has 0 aliphatic carbocycles. The number of terminal acetylenes is 1. The van der Waals surface area contributed by atoms with Crippen LogP contribution in [0.15, 0.2) is 28.7 Å². The molecule has 0 spiro atoms. The summed E-state index contributed by atoms with van der Waals surface area (Å²) >= 11 is 0. The van der Waals surface area contributed by atoms with Gasteiger partial charge in [0.15, 0.2) is 5.76 Å². The maximum Gasteiger partial charge on any atom is 0.287 e. The predicted octanol–water partition coefficient (Wildman–Crippen LogP) is 1.77. The standard InChI is InChI=1S/C13H12N2O2/c1-3-8(2)15-13(16)12-7-9-6-10(14)4-5-11(9)17-12/h1,4-8H,14H2,2H3,(H,15,16).